The lowest BCUT2D eigenvalue weighted by atomic mass is 10.1. The number of hydrogen-bond donors (Lipinski definition) is 0. The average molecular weight is 436 g/mol. The minimum Gasteiger partial charge on any atom is -0.490 e. The fourth-order valence-electron chi connectivity index (χ4n) is 3.91. The van der Waals surface area contributed by atoms with Crippen LogP contribution in [0.1, 0.15) is 50.1 Å². The number of rotatable bonds is 9. The summed E-state index contributed by atoms with van der Waals surface area (Å²) in [5.41, 5.74) is 3.17. The van der Waals surface area contributed by atoms with E-state index in [9.17, 15) is 4.79 Å². The number of benzene rings is 2. The Hall–Kier alpha value is -3.35. The van der Waals surface area contributed by atoms with Gasteiger partial charge in [0.05, 0.1) is 19.1 Å². The van der Waals surface area contributed by atoms with Crippen LogP contribution in [0.25, 0.3) is 11.4 Å². The zero-order valence-electron chi connectivity index (χ0n) is 18.8. The maximum atomic E-state index is 12.7. The first-order chi connectivity index (χ1) is 15.6. The van der Waals surface area contributed by atoms with Gasteiger partial charge in [-0.25, -0.2) is 0 Å². The second-order valence-corrected chi connectivity index (χ2v) is 7.83. The van der Waals surface area contributed by atoms with E-state index in [1.165, 1.54) is 5.56 Å². The molecule has 1 aliphatic heterocycles. The molecule has 1 aliphatic rings. The molecule has 0 aliphatic carbocycles. The number of hydrogen-bond acceptors (Lipinski definition) is 6. The first kappa shape index (κ1) is 21.9. The Labute approximate surface area is 188 Å². The van der Waals surface area contributed by atoms with E-state index >= 15 is 0 Å². The predicted molar refractivity (Wildman–Crippen MR) is 121 cm³/mol. The predicted octanol–water partition coefficient (Wildman–Crippen LogP) is 4.61. The summed E-state index contributed by atoms with van der Waals surface area (Å²) in [4.78, 5) is 19.1. The average Bonchev–Trinajstić information content (AvgIpc) is 3.43. The van der Waals surface area contributed by atoms with Crippen molar-refractivity contribution in [1.29, 1.82) is 0 Å². The Kier molecular flexibility index (Phi) is 6.73. The molecule has 7 nitrogen and oxygen atoms in total. The van der Waals surface area contributed by atoms with E-state index in [0.29, 0.717) is 55.9 Å². The Balaban J connectivity index is 1.44. The number of ether oxygens (including phenoxy) is 2. The molecular formula is C25H29N3O4. The van der Waals surface area contributed by atoms with Crippen LogP contribution in [0.4, 0.5) is 0 Å². The van der Waals surface area contributed by atoms with E-state index in [4.69, 9.17) is 14.0 Å². The van der Waals surface area contributed by atoms with Crippen LogP contribution >= 0.6 is 0 Å². The lowest BCUT2D eigenvalue weighted by Crippen LogP contribution is -2.24. The van der Waals surface area contributed by atoms with Gasteiger partial charge in [-0.1, -0.05) is 42.4 Å². The van der Waals surface area contributed by atoms with Gasteiger partial charge >= 0.3 is 0 Å². The third-order valence-electron chi connectivity index (χ3n) is 5.61. The van der Waals surface area contributed by atoms with Gasteiger partial charge in [-0.2, -0.15) is 4.98 Å². The quantitative estimate of drug-likeness (QED) is 0.488. The smallest absolute Gasteiger partial charge is 0.232 e. The summed E-state index contributed by atoms with van der Waals surface area (Å²) in [6.07, 6.45) is 1.35. The van der Waals surface area contributed by atoms with Crippen molar-refractivity contribution in [1.82, 2.24) is 15.0 Å². The third-order valence-corrected chi connectivity index (χ3v) is 5.61. The van der Waals surface area contributed by atoms with E-state index in [0.717, 1.165) is 17.5 Å². The first-order valence-electron chi connectivity index (χ1n) is 11.2. The highest BCUT2D eigenvalue weighted by Gasteiger charge is 2.34. The molecule has 2 aromatic carbocycles. The van der Waals surface area contributed by atoms with Crippen LogP contribution in [0, 0.1) is 0 Å². The van der Waals surface area contributed by atoms with Gasteiger partial charge in [0.25, 0.3) is 0 Å². The summed E-state index contributed by atoms with van der Waals surface area (Å²) < 4.78 is 16.9. The van der Waals surface area contributed by atoms with Crippen molar-refractivity contribution in [2.75, 3.05) is 19.8 Å². The van der Waals surface area contributed by atoms with Crippen LogP contribution in [0.2, 0.25) is 0 Å². The van der Waals surface area contributed by atoms with Gasteiger partial charge in [-0.3, -0.25) is 4.79 Å². The van der Waals surface area contributed by atoms with Crippen LogP contribution in [-0.4, -0.2) is 40.7 Å². The van der Waals surface area contributed by atoms with Crippen molar-refractivity contribution in [2.24, 2.45) is 0 Å². The molecule has 3 aromatic rings. The molecule has 1 amide bonds. The third kappa shape index (κ3) is 4.77. The molecule has 4 rings (SSSR count). The van der Waals surface area contributed by atoms with Gasteiger partial charge < -0.3 is 18.9 Å². The Bertz CT molecular complexity index is 1060. The van der Waals surface area contributed by atoms with E-state index in [2.05, 4.69) is 29.2 Å². The molecule has 0 bridgehead atoms. The van der Waals surface area contributed by atoms with Crippen molar-refractivity contribution in [2.45, 2.75) is 46.1 Å². The van der Waals surface area contributed by atoms with Crippen molar-refractivity contribution in [3.8, 4) is 22.9 Å². The van der Waals surface area contributed by atoms with Gasteiger partial charge in [0.15, 0.2) is 11.5 Å². The fraction of sp³-hybridized carbons (Fsp3) is 0.400. The van der Waals surface area contributed by atoms with E-state index < -0.39 is 0 Å². The largest absolute Gasteiger partial charge is 0.490 e. The molecule has 1 saturated heterocycles. The van der Waals surface area contributed by atoms with Crippen LogP contribution in [0.3, 0.4) is 0 Å². The van der Waals surface area contributed by atoms with Crippen LogP contribution in [0.15, 0.2) is 47.0 Å². The second kappa shape index (κ2) is 9.85. The molecular weight excluding hydrogens is 406 g/mol. The first-order valence-corrected chi connectivity index (χ1v) is 11.2. The van der Waals surface area contributed by atoms with Crippen LogP contribution in [0.5, 0.6) is 11.5 Å². The fourth-order valence-corrected chi connectivity index (χ4v) is 3.91. The highest BCUT2D eigenvalue weighted by Crippen LogP contribution is 2.32. The van der Waals surface area contributed by atoms with Gasteiger partial charge in [-0.05, 0) is 43.5 Å². The second-order valence-electron chi connectivity index (χ2n) is 7.83. The summed E-state index contributed by atoms with van der Waals surface area (Å²) >= 11 is 0. The molecule has 0 saturated carbocycles. The molecule has 0 radical (unpaired) electrons. The van der Waals surface area contributed by atoms with Gasteiger partial charge in [-0.15, -0.1) is 0 Å². The number of likely N-dealkylation sites (tertiary alicyclic amines) is 1. The monoisotopic (exact) mass is 435 g/mol. The normalized spacial score (nSPS) is 15.9. The molecule has 1 unspecified atom stereocenters. The number of aromatic nitrogens is 2. The molecule has 0 N–H and O–H groups in total. The maximum Gasteiger partial charge on any atom is 0.232 e. The number of carbonyl (C=O) groups excluding carboxylic acids is 1. The zero-order valence-corrected chi connectivity index (χ0v) is 18.8. The highest BCUT2D eigenvalue weighted by atomic mass is 16.5. The van der Waals surface area contributed by atoms with Gasteiger partial charge in [0.1, 0.15) is 0 Å². The van der Waals surface area contributed by atoms with E-state index in [-0.39, 0.29) is 11.8 Å². The number of nitrogens with zero attached hydrogens (tertiary/aromatic N) is 3. The Morgan fingerprint density at radius 2 is 1.72 bits per heavy atom. The topological polar surface area (TPSA) is 77.7 Å². The summed E-state index contributed by atoms with van der Waals surface area (Å²) in [6.45, 7) is 8.17. The molecule has 1 aromatic heterocycles. The number of carbonyl (C=O) groups is 1. The standard InChI is InChI=1S/C25H29N3O4/c1-4-17-7-10-19(11-8-17)24-26-25(32-27-24)20-14-23(29)28(16-20)15-18-9-12-21(30-5-2)22(13-18)31-6-3/h7-13,20H,4-6,14-16H2,1-3H3. The molecule has 1 fully saturated rings. The Morgan fingerprint density at radius 3 is 2.44 bits per heavy atom. The lowest BCUT2D eigenvalue weighted by molar-refractivity contribution is -0.128. The van der Waals surface area contributed by atoms with Crippen LogP contribution in [-0.2, 0) is 17.8 Å². The minimum atomic E-state index is -0.104. The lowest BCUT2D eigenvalue weighted by Gasteiger charge is -2.18. The van der Waals surface area contributed by atoms with Crippen LogP contribution < -0.4 is 9.47 Å². The zero-order chi connectivity index (χ0) is 22.5. The molecule has 0 spiro atoms. The molecule has 1 atom stereocenters. The summed E-state index contributed by atoms with van der Waals surface area (Å²) in [5.74, 6) is 2.46. The van der Waals surface area contributed by atoms with Crippen molar-refractivity contribution < 1.29 is 18.8 Å². The van der Waals surface area contributed by atoms with E-state index in [1.807, 2.05) is 49.1 Å². The highest BCUT2D eigenvalue weighted by molar-refractivity contribution is 5.79. The van der Waals surface area contributed by atoms with Gasteiger partial charge in [0, 0.05) is 25.1 Å². The van der Waals surface area contributed by atoms with Crippen molar-refractivity contribution >= 4 is 5.91 Å². The molecule has 32 heavy (non-hydrogen) atoms. The maximum absolute atomic E-state index is 12.7. The van der Waals surface area contributed by atoms with E-state index in [1.54, 1.807) is 0 Å². The molecule has 168 valence electrons. The SMILES string of the molecule is CCOc1ccc(CN2CC(c3nc(-c4ccc(CC)cc4)no3)CC2=O)cc1OCC. The van der Waals surface area contributed by atoms with Crippen molar-refractivity contribution in [3.63, 3.8) is 0 Å². The van der Waals surface area contributed by atoms with Crippen molar-refractivity contribution in [3.05, 3.63) is 59.5 Å². The summed E-state index contributed by atoms with van der Waals surface area (Å²) in [6, 6.07) is 14.0. The summed E-state index contributed by atoms with van der Waals surface area (Å²) in [7, 11) is 0. The minimum absolute atomic E-state index is 0.0777. The number of amides is 1. The molecule has 7 heteroatoms. The Morgan fingerprint density at radius 1 is 1.00 bits per heavy atom. The van der Waals surface area contributed by atoms with Gasteiger partial charge in [0.2, 0.25) is 17.6 Å². The summed E-state index contributed by atoms with van der Waals surface area (Å²) in [5, 5.41) is 4.13. The molecule has 2 heterocycles. The number of aryl methyl sites for hydroxylation is 1.